The van der Waals surface area contributed by atoms with Crippen LogP contribution in [0.2, 0.25) is 0 Å². The molecule has 0 spiro atoms. The SMILES string of the molecule is CC/C(=N/N=C(N)N)c1ccsc1. The Morgan fingerprint density at radius 1 is 1.46 bits per heavy atom. The van der Waals surface area contributed by atoms with Crippen LogP contribution in [0.5, 0.6) is 0 Å². The van der Waals surface area contributed by atoms with E-state index in [0.29, 0.717) is 0 Å². The third kappa shape index (κ3) is 2.87. The summed E-state index contributed by atoms with van der Waals surface area (Å²) < 4.78 is 0. The van der Waals surface area contributed by atoms with Gasteiger partial charge < -0.3 is 11.5 Å². The van der Waals surface area contributed by atoms with Crippen LogP contribution in [0, 0.1) is 0 Å². The number of thiophene rings is 1. The fourth-order valence-electron chi connectivity index (χ4n) is 0.879. The van der Waals surface area contributed by atoms with Crippen LogP contribution in [0.4, 0.5) is 0 Å². The van der Waals surface area contributed by atoms with Crippen molar-refractivity contribution in [2.24, 2.45) is 21.7 Å². The number of hydrogen-bond donors (Lipinski definition) is 2. The smallest absolute Gasteiger partial charge is 0.211 e. The maximum atomic E-state index is 5.17. The van der Waals surface area contributed by atoms with Crippen LogP contribution in [0.1, 0.15) is 18.9 Å². The molecule has 0 aliphatic carbocycles. The van der Waals surface area contributed by atoms with Crippen LogP contribution >= 0.6 is 11.3 Å². The minimum absolute atomic E-state index is 0.0128. The molecule has 0 saturated carbocycles. The van der Waals surface area contributed by atoms with Crippen LogP contribution in [0.3, 0.4) is 0 Å². The lowest BCUT2D eigenvalue weighted by atomic mass is 10.2. The summed E-state index contributed by atoms with van der Waals surface area (Å²) in [5.41, 5.74) is 12.3. The fourth-order valence-corrected chi connectivity index (χ4v) is 1.54. The first-order chi connectivity index (χ1) is 6.24. The van der Waals surface area contributed by atoms with E-state index in [1.54, 1.807) is 11.3 Å². The van der Waals surface area contributed by atoms with Gasteiger partial charge in [-0.05, 0) is 23.2 Å². The molecule has 0 unspecified atom stereocenters. The van der Waals surface area contributed by atoms with E-state index in [9.17, 15) is 0 Å². The van der Waals surface area contributed by atoms with Gasteiger partial charge in [0, 0.05) is 5.56 Å². The summed E-state index contributed by atoms with van der Waals surface area (Å²) in [5.74, 6) is -0.0128. The summed E-state index contributed by atoms with van der Waals surface area (Å²) >= 11 is 1.63. The predicted octanol–water partition coefficient (Wildman–Crippen LogP) is 1.14. The minimum Gasteiger partial charge on any atom is -0.369 e. The molecular formula is C8H12N4S. The summed E-state index contributed by atoms with van der Waals surface area (Å²) in [4.78, 5) is 0. The zero-order valence-corrected chi connectivity index (χ0v) is 8.21. The maximum absolute atomic E-state index is 5.17. The van der Waals surface area contributed by atoms with E-state index in [-0.39, 0.29) is 5.96 Å². The van der Waals surface area contributed by atoms with Crippen molar-refractivity contribution in [2.75, 3.05) is 0 Å². The highest BCUT2D eigenvalue weighted by Gasteiger charge is 2.00. The summed E-state index contributed by atoms with van der Waals surface area (Å²) in [6.07, 6.45) is 0.813. The predicted molar refractivity (Wildman–Crippen MR) is 57.0 cm³/mol. The molecular weight excluding hydrogens is 184 g/mol. The summed E-state index contributed by atoms with van der Waals surface area (Å²) in [5, 5.41) is 11.6. The average molecular weight is 196 g/mol. The van der Waals surface area contributed by atoms with Gasteiger partial charge in [0.15, 0.2) is 0 Å². The van der Waals surface area contributed by atoms with Gasteiger partial charge in [0.2, 0.25) is 5.96 Å². The van der Waals surface area contributed by atoms with Crippen LogP contribution in [0.25, 0.3) is 0 Å². The van der Waals surface area contributed by atoms with Gasteiger partial charge in [0.25, 0.3) is 0 Å². The van der Waals surface area contributed by atoms with Gasteiger partial charge in [0.1, 0.15) is 0 Å². The highest BCUT2D eigenvalue weighted by Crippen LogP contribution is 2.09. The minimum atomic E-state index is -0.0128. The Morgan fingerprint density at radius 3 is 2.69 bits per heavy atom. The molecule has 0 aliphatic heterocycles. The first kappa shape index (κ1) is 9.73. The third-order valence-electron chi connectivity index (χ3n) is 1.48. The second-order valence-corrected chi connectivity index (χ2v) is 3.22. The normalized spacial score (nSPS) is 11.3. The molecule has 0 fully saturated rings. The number of hydrogen-bond acceptors (Lipinski definition) is 3. The Kier molecular flexibility index (Phi) is 3.45. The van der Waals surface area contributed by atoms with Crippen LogP contribution in [0.15, 0.2) is 27.0 Å². The molecule has 0 atom stereocenters. The van der Waals surface area contributed by atoms with E-state index in [0.717, 1.165) is 17.7 Å². The lowest BCUT2D eigenvalue weighted by Gasteiger charge is -1.96. The Labute approximate surface area is 81.0 Å². The van der Waals surface area contributed by atoms with Gasteiger partial charge in [0.05, 0.1) is 5.71 Å². The molecule has 13 heavy (non-hydrogen) atoms. The van der Waals surface area contributed by atoms with Crippen molar-refractivity contribution >= 4 is 23.0 Å². The van der Waals surface area contributed by atoms with Gasteiger partial charge in [-0.2, -0.15) is 16.4 Å². The van der Waals surface area contributed by atoms with Crippen molar-refractivity contribution in [3.05, 3.63) is 22.4 Å². The molecule has 0 radical (unpaired) electrons. The van der Waals surface area contributed by atoms with E-state index in [4.69, 9.17) is 11.5 Å². The number of nitrogens with zero attached hydrogens (tertiary/aromatic N) is 2. The van der Waals surface area contributed by atoms with Crippen molar-refractivity contribution in [2.45, 2.75) is 13.3 Å². The molecule has 1 aromatic rings. The molecule has 1 rings (SSSR count). The quantitative estimate of drug-likeness (QED) is 0.432. The topological polar surface area (TPSA) is 76.8 Å². The van der Waals surface area contributed by atoms with Crippen molar-refractivity contribution < 1.29 is 0 Å². The lowest BCUT2D eigenvalue weighted by molar-refractivity contribution is 1.15. The molecule has 5 heteroatoms. The molecule has 70 valence electrons. The number of nitrogens with two attached hydrogens (primary N) is 2. The second kappa shape index (κ2) is 4.61. The molecule has 4 nitrogen and oxygen atoms in total. The molecule has 0 aromatic carbocycles. The van der Waals surface area contributed by atoms with Gasteiger partial charge in [-0.1, -0.05) is 6.92 Å². The fraction of sp³-hybridized carbons (Fsp3) is 0.250. The molecule has 0 bridgehead atoms. The van der Waals surface area contributed by atoms with Crippen molar-refractivity contribution in [3.8, 4) is 0 Å². The summed E-state index contributed by atoms with van der Waals surface area (Å²) in [6, 6.07) is 2.00. The third-order valence-corrected chi connectivity index (χ3v) is 2.16. The van der Waals surface area contributed by atoms with E-state index >= 15 is 0 Å². The number of rotatable bonds is 3. The Hall–Kier alpha value is -1.36. The average Bonchev–Trinajstić information content (AvgIpc) is 2.58. The lowest BCUT2D eigenvalue weighted by Crippen LogP contribution is -2.22. The molecule has 1 heterocycles. The van der Waals surface area contributed by atoms with Crippen LogP contribution in [-0.2, 0) is 0 Å². The monoisotopic (exact) mass is 196 g/mol. The largest absolute Gasteiger partial charge is 0.369 e. The first-order valence-electron chi connectivity index (χ1n) is 3.92. The van der Waals surface area contributed by atoms with Crippen molar-refractivity contribution in [1.82, 2.24) is 0 Å². The highest BCUT2D eigenvalue weighted by molar-refractivity contribution is 7.08. The molecule has 4 N–H and O–H groups in total. The zero-order chi connectivity index (χ0) is 9.68. The molecule has 0 saturated heterocycles. The summed E-state index contributed by atoms with van der Waals surface area (Å²) in [6.45, 7) is 2.01. The Morgan fingerprint density at radius 2 is 2.23 bits per heavy atom. The van der Waals surface area contributed by atoms with E-state index < -0.39 is 0 Å². The zero-order valence-electron chi connectivity index (χ0n) is 7.40. The summed E-state index contributed by atoms with van der Waals surface area (Å²) in [7, 11) is 0. The van der Waals surface area contributed by atoms with Gasteiger partial charge in [-0.3, -0.25) is 0 Å². The Bertz CT molecular complexity index is 309. The second-order valence-electron chi connectivity index (χ2n) is 2.44. The first-order valence-corrected chi connectivity index (χ1v) is 4.86. The van der Waals surface area contributed by atoms with Gasteiger partial charge in [-0.25, -0.2) is 0 Å². The van der Waals surface area contributed by atoms with Gasteiger partial charge >= 0.3 is 0 Å². The van der Waals surface area contributed by atoms with Crippen molar-refractivity contribution in [1.29, 1.82) is 0 Å². The van der Waals surface area contributed by atoms with E-state index in [1.807, 2.05) is 23.8 Å². The number of guanidine groups is 1. The van der Waals surface area contributed by atoms with Crippen molar-refractivity contribution in [3.63, 3.8) is 0 Å². The van der Waals surface area contributed by atoms with Gasteiger partial charge in [-0.15, -0.1) is 5.10 Å². The highest BCUT2D eigenvalue weighted by atomic mass is 32.1. The standard InChI is InChI=1S/C8H12N4S/c1-2-7(11-12-8(9)10)6-3-4-13-5-6/h3-5H,2H2,1H3,(H4,9,10,12)/b11-7-. The van der Waals surface area contributed by atoms with E-state index in [2.05, 4.69) is 10.2 Å². The molecule has 0 amide bonds. The van der Waals surface area contributed by atoms with E-state index in [1.165, 1.54) is 0 Å². The maximum Gasteiger partial charge on any atom is 0.211 e. The molecule has 0 aliphatic rings. The van der Waals surface area contributed by atoms with Crippen LogP contribution in [-0.4, -0.2) is 11.7 Å². The van der Waals surface area contributed by atoms with Crippen LogP contribution < -0.4 is 11.5 Å². The Balaban J connectivity index is 2.86. The molecule has 1 aromatic heterocycles.